The number of hydrogen-bond donors (Lipinski definition) is 1. The molecule has 0 aromatic rings. The summed E-state index contributed by atoms with van der Waals surface area (Å²) in [6.45, 7) is 10.5. The topological polar surface area (TPSA) is 46.5 Å². The number of aliphatic carboxylic acids is 1. The van der Waals surface area contributed by atoms with Crippen LogP contribution in [0.25, 0.3) is 0 Å². The van der Waals surface area contributed by atoms with Crippen LogP contribution in [0.3, 0.4) is 0 Å². The average Bonchev–Trinajstić information content (AvgIpc) is 2.65. The lowest BCUT2D eigenvalue weighted by molar-refractivity contribution is -0.137. The average molecular weight is 383 g/mol. The predicted octanol–water partition coefficient (Wildman–Crippen LogP) is 7.71. The van der Waals surface area contributed by atoms with Crippen LogP contribution in [-0.2, 0) is 9.53 Å². The van der Waals surface area contributed by atoms with Gasteiger partial charge in [-0.2, -0.15) is 0 Å². The van der Waals surface area contributed by atoms with E-state index in [1.165, 1.54) is 83.5 Å². The predicted molar refractivity (Wildman–Crippen MR) is 118 cm³/mol. The highest BCUT2D eigenvalue weighted by molar-refractivity contribution is 5.66. The van der Waals surface area contributed by atoms with Crippen LogP contribution in [0.5, 0.6) is 0 Å². The van der Waals surface area contributed by atoms with E-state index in [9.17, 15) is 4.79 Å². The van der Waals surface area contributed by atoms with Gasteiger partial charge in [0.1, 0.15) is 0 Å². The summed E-state index contributed by atoms with van der Waals surface area (Å²) in [6, 6.07) is 0. The standard InChI is InChI=1S/C18H36O2.C6H10O/c1-2-3-4-5-6-7-8-9-10-11-12-13-14-15-16-17-18(19)20;1-3-5-7-6-4-2/h2-17H2,1H3,(H,19,20);3-4H,1-2,5-6H2. The molecule has 0 saturated heterocycles. The van der Waals surface area contributed by atoms with E-state index in [1.54, 1.807) is 12.2 Å². The molecular formula is C24H46O3. The molecule has 0 radical (unpaired) electrons. The van der Waals surface area contributed by atoms with Crippen LogP contribution in [0.15, 0.2) is 25.3 Å². The summed E-state index contributed by atoms with van der Waals surface area (Å²) in [5, 5.41) is 8.52. The lowest BCUT2D eigenvalue weighted by Gasteiger charge is -2.03. The molecule has 0 atom stereocenters. The second-order valence-corrected chi connectivity index (χ2v) is 7.21. The van der Waals surface area contributed by atoms with E-state index in [1.807, 2.05) is 0 Å². The fourth-order valence-electron chi connectivity index (χ4n) is 2.88. The number of carboxylic acids is 1. The summed E-state index contributed by atoms with van der Waals surface area (Å²) in [5.41, 5.74) is 0. The maximum absolute atomic E-state index is 10.3. The molecule has 0 spiro atoms. The highest BCUT2D eigenvalue weighted by Gasteiger charge is 1.97. The van der Waals surface area contributed by atoms with Gasteiger partial charge >= 0.3 is 5.97 Å². The number of hydrogen-bond acceptors (Lipinski definition) is 2. The van der Waals surface area contributed by atoms with Gasteiger partial charge in [0.2, 0.25) is 0 Å². The van der Waals surface area contributed by atoms with Crippen LogP contribution < -0.4 is 0 Å². The van der Waals surface area contributed by atoms with Crippen molar-refractivity contribution in [1.29, 1.82) is 0 Å². The molecule has 27 heavy (non-hydrogen) atoms. The van der Waals surface area contributed by atoms with E-state index in [-0.39, 0.29) is 0 Å². The highest BCUT2D eigenvalue weighted by atomic mass is 16.5. The van der Waals surface area contributed by atoms with Crippen molar-refractivity contribution in [2.75, 3.05) is 13.2 Å². The van der Waals surface area contributed by atoms with Crippen LogP contribution in [0, 0.1) is 0 Å². The van der Waals surface area contributed by atoms with Crippen LogP contribution in [0.1, 0.15) is 110 Å². The van der Waals surface area contributed by atoms with Gasteiger partial charge in [-0.25, -0.2) is 0 Å². The zero-order valence-electron chi connectivity index (χ0n) is 18.1. The lowest BCUT2D eigenvalue weighted by atomic mass is 10.0. The van der Waals surface area contributed by atoms with Crippen LogP contribution >= 0.6 is 0 Å². The molecule has 0 fully saturated rings. The van der Waals surface area contributed by atoms with Crippen molar-refractivity contribution in [3.05, 3.63) is 25.3 Å². The first kappa shape index (κ1) is 28.1. The van der Waals surface area contributed by atoms with Gasteiger partial charge in [-0.3, -0.25) is 4.79 Å². The largest absolute Gasteiger partial charge is 0.481 e. The van der Waals surface area contributed by atoms with E-state index < -0.39 is 5.97 Å². The van der Waals surface area contributed by atoms with Gasteiger partial charge in [-0.15, -0.1) is 13.2 Å². The molecule has 3 heteroatoms. The first-order chi connectivity index (χ1) is 13.2. The first-order valence-corrected chi connectivity index (χ1v) is 11.2. The maximum atomic E-state index is 10.3. The Hall–Kier alpha value is -1.09. The Morgan fingerprint density at radius 2 is 1.04 bits per heavy atom. The highest BCUT2D eigenvalue weighted by Crippen LogP contribution is 2.13. The molecule has 1 N–H and O–H groups in total. The molecule has 3 nitrogen and oxygen atoms in total. The van der Waals surface area contributed by atoms with Gasteiger partial charge in [0, 0.05) is 6.42 Å². The fourth-order valence-corrected chi connectivity index (χ4v) is 2.88. The number of ether oxygens (including phenoxy) is 1. The Morgan fingerprint density at radius 3 is 1.33 bits per heavy atom. The van der Waals surface area contributed by atoms with Crippen molar-refractivity contribution in [1.82, 2.24) is 0 Å². The third-order valence-electron chi connectivity index (χ3n) is 4.47. The Bertz CT molecular complexity index is 305. The zero-order valence-corrected chi connectivity index (χ0v) is 18.1. The van der Waals surface area contributed by atoms with Crippen molar-refractivity contribution >= 4 is 5.97 Å². The summed E-state index contributed by atoms with van der Waals surface area (Å²) >= 11 is 0. The van der Waals surface area contributed by atoms with Crippen molar-refractivity contribution in [2.45, 2.75) is 110 Å². The second-order valence-electron chi connectivity index (χ2n) is 7.21. The van der Waals surface area contributed by atoms with Crippen LogP contribution in [0.4, 0.5) is 0 Å². The molecule has 0 unspecified atom stereocenters. The summed E-state index contributed by atoms with van der Waals surface area (Å²) in [5.74, 6) is -0.653. The number of unbranched alkanes of at least 4 members (excludes halogenated alkanes) is 14. The third-order valence-corrected chi connectivity index (χ3v) is 4.47. The molecule has 0 heterocycles. The number of rotatable bonds is 20. The summed E-state index contributed by atoms with van der Waals surface area (Å²) in [7, 11) is 0. The Balaban J connectivity index is 0. The van der Waals surface area contributed by atoms with Gasteiger partial charge in [0.05, 0.1) is 13.2 Å². The smallest absolute Gasteiger partial charge is 0.303 e. The molecule has 0 aliphatic rings. The zero-order chi connectivity index (χ0) is 20.4. The normalized spacial score (nSPS) is 10.1. The molecular weight excluding hydrogens is 336 g/mol. The van der Waals surface area contributed by atoms with E-state index in [4.69, 9.17) is 9.84 Å². The Labute approximate surface area is 169 Å². The maximum Gasteiger partial charge on any atom is 0.303 e. The van der Waals surface area contributed by atoms with Crippen molar-refractivity contribution in [2.24, 2.45) is 0 Å². The minimum Gasteiger partial charge on any atom is -0.481 e. The lowest BCUT2D eigenvalue weighted by Crippen LogP contribution is -1.93. The molecule has 160 valence electrons. The SMILES string of the molecule is C=CCOCC=C.CCCCCCCCCCCCCCCCCC(=O)O. The summed E-state index contributed by atoms with van der Waals surface area (Å²) in [6.07, 6.45) is 23.6. The van der Waals surface area contributed by atoms with Gasteiger partial charge in [-0.05, 0) is 6.42 Å². The number of carboxylic acid groups (broad SMARTS) is 1. The molecule has 0 aromatic carbocycles. The minimum atomic E-state index is -0.653. The van der Waals surface area contributed by atoms with E-state index in [0.29, 0.717) is 19.6 Å². The van der Waals surface area contributed by atoms with Crippen LogP contribution in [-0.4, -0.2) is 24.3 Å². The van der Waals surface area contributed by atoms with Gasteiger partial charge in [0.15, 0.2) is 0 Å². The van der Waals surface area contributed by atoms with E-state index in [2.05, 4.69) is 20.1 Å². The monoisotopic (exact) mass is 382 g/mol. The fraction of sp³-hybridized carbons (Fsp3) is 0.792. The molecule has 0 aliphatic carbocycles. The minimum absolute atomic E-state index is 0.345. The summed E-state index contributed by atoms with van der Waals surface area (Å²) < 4.78 is 4.90. The second kappa shape index (κ2) is 27.1. The molecule has 0 amide bonds. The van der Waals surface area contributed by atoms with Gasteiger partial charge < -0.3 is 9.84 Å². The Kier molecular flexibility index (Phi) is 28.3. The quantitative estimate of drug-likeness (QED) is 0.173. The first-order valence-electron chi connectivity index (χ1n) is 11.2. The number of carbonyl (C=O) groups is 1. The van der Waals surface area contributed by atoms with Crippen molar-refractivity contribution in [3.8, 4) is 0 Å². The molecule has 0 rings (SSSR count). The van der Waals surface area contributed by atoms with Gasteiger partial charge in [-0.1, -0.05) is 109 Å². The van der Waals surface area contributed by atoms with Crippen molar-refractivity contribution in [3.63, 3.8) is 0 Å². The summed E-state index contributed by atoms with van der Waals surface area (Å²) in [4.78, 5) is 10.3. The molecule has 0 saturated carbocycles. The van der Waals surface area contributed by atoms with E-state index in [0.717, 1.165) is 12.8 Å². The van der Waals surface area contributed by atoms with Crippen molar-refractivity contribution < 1.29 is 14.6 Å². The Morgan fingerprint density at radius 1 is 0.704 bits per heavy atom. The van der Waals surface area contributed by atoms with Gasteiger partial charge in [0.25, 0.3) is 0 Å². The van der Waals surface area contributed by atoms with E-state index >= 15 is 0 Å². The third kappa shape index (κ3) is 33.0. The molecule has 0 aliphatic heterocycles. The van der Waals surface area contributed by atoms with Crippen LogP contribution in [0.2, 0.25) is 0 Å². The molecule has 0 bridgehead atoms. The molecule has 0 aromatic heterocycles.